The first-order chi connectivity index (χ1) is 6.79. The SMILES string of the molecule is CNC1CCC(N(C)CC2CC2)CC1. The third kappa shape index (κ3) is 2.71. The van der Waals surface area contributed by atoms with Crippen molar-refractivity contribution in [2.75, 3.05) is 20.6 Å². The van der Waals surface area contributed by atoms with Gasteiger partial charge >= 0.3 is 0 Å². The van der Waals surface area contributed by atoms with Gasteiger partial charge in [-0.25, -0.2) is 0 Å². The van der Waals surface area contributed by atoms with Gasteiger partial charge in [0.1, 0.15) is 0 Å². The Hall–Kier alpha value is -0.0800. The highest BCUT2D eigenvalue weighted by Gasteiger charge is 2.28. The molecule has 0 bridgehead atoms. The number of hydrogen-bond donors (Lipinski definition) is 1. The summed E-state index contributed by atoms with van der Waals surface area (Å²) < 4.78 is 0. The Morgan fingerprint density at radius 1 is 1.07 bits per heavy atom. The molecule has 0 radical (unpaired) electrons. The fourth-order valence-corrected chi connectivity index (χ4v) is 2.66. The van der Waals surface area contributed by atoms with Crippen molar-refractivity contribution in [3.05, 3.63) is 0 Å². The first-order valence-corrected chi connectivity index (χ1v) is 6.17. The van der Waals surface area contributed by atoms with E-state index >= 15 is 0 Å². The molecule has 0 aromatic carbocycles. The minimum atomic E-state index is 0.792. The Labute approximate surface area is 88.1 Å². The zero-order valence-corrected chi connectivity index (χ0v) is 9.63. The molecule has 0 unspecified atom stereocenters. The van der Waals surface area contributed by atoms with Crippen LogP contribution in [0.25, 0.3) is 0 Å². The van der Waals surface area contributed by atoms with Gasteiger partial charge in [-0.2, -0.15) is 0 Å². The van der Waals surface area contributed by atoms with Crippen molar-refractivity contribution in [2.45, 2.75) is 50.6 Å². The average Bonchev–Trinajstić information content (AvgIpc) is 3.02. The average molecular weight is 196 g/mol. The van der Waals surface area contributed by atoms with Crippen LogP contribution >= 0.6 is 0 Å². The molecular formula is C12H24N2. The van der Waals surface area contributed by atoms with Gasteiger partial charge in [0.2, 0.25) is 0 Å². The van der Waals surface area contributed by atoms with E-state index in [1.54, 1.807) is 0 Å². The predicted molar refractivity (Wildman–Crippen MR) is 60.5 cm³/mol. The van der Waals surface area contributed by atoms with Crippen LogP contribution in [0, 0.1) is 5.92 Å². The van der Waals surface area contributed by atoms with Crippen molar-refractivity contribution in [1.29, 1.82) is 0 Å². The van der Waals surface area contributed by atoms with Crippen molar-refractivity contribution < 1.29 is 0 Å². The van der Waals surface area contributed by atoms with Crippen LogP contribution in [0.5, 0.6) is 0 Å². The lowest BCUT2D eigenvalue weighted by Gasteiger charge is -2.34. The van der Waals surface area contributed by atoms with Gasteiger partial charge in [-0.05, 0) is 58.5 Å². The van der Waals surface area contributed by atoms with Crippen LogP contribution in [0.3, 0.4) is 0 Å². The van der Waals surface area contributed by atoms with Crippen LogP contribution in [0.15, 0.2) is 0 Å². The number of nitrogens with one attached hydrogen (secondary N) is 1. The Kier molecular flexibility index (Phi) is 3.45. The van der Waals surface area contributed by atoms with Crippen molar-refractivity contribution in [3.8, 4) is 0 Å². The maximum absolute atomic E-state index is 3.40. The van der Waals surface area contributed by atoms with E-state index in [1.165, 1.54) is 45.1 Å². The van der Waals surface area contributed by atoms with Gasteiger partial charge in [0.15, 0.2) is 0 Å². The highest BCUT2D eigenvalue weighted by atomic mass is 15.1. The molecule has 2 aliphatic carbocycles. The van der Waals surface area contributed by atoms with E-state index in [0.717, 1.165) is 18.0 Å². The minimum Gasteiger partial charge on any atom is -0.317 e. The highest BCUT2D eigenvalue weighted by Crippen LogP contribution is 2.31. The van der Waals surface area contributed by atoms with E-state index in [2.05, 4.69) is 24.3 Å². The summed E-state index contributed by atoms with van der Waals surface area (Å²) in [6, 6.07) is 1.67. The molecule has 0 aromatic heterocycles. The van der Waals surface area contributed by atoms with Gasteiger partial charge in [0.05, 0.1) is 0 Å². The summed E-state index contributed by atoms with van der Waals surface area (Å²) in [6.45, 7) is 1.36. The number of rotatable bonds is 4. The zero-order chi connectivity index (χ0) is 9.97. The Morgan fingerprint density at radius 2 is 1.71 bits per heavy atom. The summed E-state index contributed by atoms with van der Waals surface area (Å²) in [4.78, 5) is 2.61. The van der Waals surface area contributed by atoms with E-state index in [9.17, 15) is 0 Å². The van der Waals surface area contributed by atoms with Crippen LogP contribution < -0.4 is 5.32 Å². The Morgan fingerprint density at radius 3 is 2.21 bits per heavy atom. The molecule has 0 heterocycles. The van der Waals surface area contributed by atoms with Crippen molar-refractivity contribution in [1.82, 2.24) is 10.2 Å². The van der Waals surface area contributed by atoms with Gasteiger partial charge in [-0.3, -0.25) is 0 Å². The third-order valence-corrected chi connectivity index (χ3v) is 3.97. The maximum Gasteiger partial charge on any atom is 0.00934 e. The van der Waals surface area contributed by atoms with Gasteiger partial charge < -0.3 is 10.2 Å². The summed E-state index contributed by atoms with van der Waals surface area (Å²) in [5.74, 6) is 1.04. The van der Waals surface area contributed by atoms with Gasteiger partial charge in [-0.15, -0.1) is 0 Å². The summed E-state index contributed by atoms with van der Waals surface area (Å²) >= 11 is 0. The number of hydrogen-bond acceptors (Lipinski definition) is 2. The minimum absolute atomic E-state index is 0.792. The molecule has 1 N–H and O–H groups in total. The molecule has 2 heteroatoms. The second-order valence-corrected chi connectivity index (χ2v) is 5.18. The summed E-state index contributed by atoms with van der Waals surface area (Å²) in [7, 11) is 4.42. The molecule has 2 saturated carbocycles. The monoisotopic (exact) mass is 196 g/mol. The zero-order valence-electron chi connectivity index (χ0n) is 9.63. The normalized spacial score (nSPS) is 33.6. The first-order valence-electron chi connectivity index (χ1n) is 6.17. The molecule has 2 aliphatic rings. The van der Waals surface area contributed by atoms with Crippen molar-refractivity contribution in [3.63, 3.8) is 0 Å². The lowest BCUT2D eigenvalue weighted by atomic mass is 9.90. The molecular weight excluding hydrogens is 172 g/mol. The van der Waals surface area contributed by atoms with Crippen LogP contribution in [0.2, 0.25) is 0 Å². The second kappa shape index (κ2) is 4.63. The van der Waals surface area contributed by atoms with Gasteiger partial charge in [0.25, 0.3) is 0 Å². The van der Waals surface area contributed by atoms with Gasteiger partial charge in [-0.1, -0.05) is 0 Å². The molecule has 14 heavy (non-hydrogen) atoms. The topological polar surface area (TPSA) is 15.3 Å². The lowest BCUT2D eigenvalue weighted by molar-refractivity contribution is 0.171. The Balaban J connectivity index is 1.70. The quantitative estimate of drug-likeness (QED) is 0.738. The molecule has 0 spiro atoms. The second-order valence-electron chi connectivity index (χ2n) is 5.18. The first kappa shape index (κ1) is 10.4. The van der Waals surface area contributed by atoms with Crippen LogP contribution in [-0.4, -0.2) is 37.6 Å². The van der Waals surface area contributed by atoms with E-state index in [1.807, 2.05) is 0 Å². The van der Waals surface area contributed by atoms with E-state index in [0.29, 0.717) is 0 Å². The lowest BCUT2D eigenvalue weighted by Crippen LogP contribution is -2.40. The molecule has 0 aliphatic heterocycles. The molecule has 0 amide bonds. The van der Waals surface area contributed by atoms with Crippen molar-refractivity contribution in [2.24, 2.45) is 5.92 Å². The van der Waals surface area contributed by atoms with Gasteiger partial charge in [0, 0.05) is 18.6 Å². The van der Waals surface area contributed by atoms with Crippen LogP contribution in [-0.2, 0) is 0 Å². The van der Waals surface area contributed by atoms with E-state index < -0.39 is 0 Å². The van der Waals surface area contributed by atoms with Crippen LogP contribution in [0.1, 0.15) is 38.5 Å². The fraction of sp³-hybridized carbons (Fsp3) is 1.00. The molecule has 0 atom stereocenters. The molecule has 2 rings (SSSR count). The predicted octanol–water partition coefficient (Wildman–Crippen LogP) is 1.86. The Bertz CT molecular complexity index is 169. The molecule has 2 nitrogen and oxygen atoms in total. The van der Waals surface area contributed by atoms with Crippen LogP contribution in [0.4, 0.5) is 0 Å². The summed E-state index contributed by atoms with van der Waals surface area (Å²) in [6.07, 6.45) is 8.50. The summed E-state index contributed by atoms with van der Waals surface area (Å²) in [5.41, 5.74) is 0. The number of nitrogens with zero attached hydrogens (tertiary/aromatic N) is 1. The largest absolute Gasteiger partial charge is 0.317 e. The van der Waals surface area contributed by atoms with Crippen molar-refractivity contribution >= 4 is 0 Å². The summed E-state index contributed by atoms with van der Waals surface area (Å²) in [5, 5.41) is 3.40. The van der Waals surface area contributed by atoms with E-state index in [-0.39, 0.29) is 0 Å². The molecule has 0 aromatic rings. The van der Waals surface area contributed by atoms with E-state index in [4.69, 9.17) is 0 Å². The standard InChI is InChI=1S/C12H24N2/c1-13-11-5-7-12(8-6-11)14(2)9-10-3-4-10/h10-13H,3-9H2,1-2H3. The molecule has 2 fully saturated rings. The third-order valence-electron chi connectivity index (χ3n) is 3.97. The molecule has 82 valence electrons. The maximum atomic E-state index is 3.40. The highest BCUT2D eigenvalue weighted by molar-refractivity contribution is 4.84. The fourth-order valence-electron chi connectivity index (χ4n) is 2.66. The molecule has 0 saturated heterocycles. The smallest absolute Gasteiger partial charge is 0.00934 e.